The van der Waals surface area contributed by atoms with Crippen molar-refractivity contribution in [3.8, 4) is 5.69 Å². The van der Waals surface area contributed by atoms with Crippen molar-refractivity contribution < 1.29 is 14.1 Å². The fraction of sp³-hybridized carbons (Fsp3) is 0.226. The van der Waals surface area contributed by atoms with Crippen LogP contribution in [0.1, 0.15) is 33.9 Å². The van der Waals surface area contributed by atoms with Gasteiger partial charge in [0, 0.05) is 44.7 Å². The topological polar surface area (TPSA) is 110 Å². The Balaban J connectivity index is 1.35. The molecule has 0 radical (unpaired) electrons. The molecule has 1 fully saturated rings. The van der Waals surface area contributed by atoms with E-state index >= 15 is 0 Å². The highest BCUT2D eigenvalue weighted by Gasteiger charge is 2.27. The Morgan fingerprint density at radius 1 is 1.00 bits per heavy atom. The van der Waals surface area contributed by atoms with Gasteiger partial charge in [-0.2, -0.15) is 5.10 Å². The fourth-order valence-electron chi connectivity index (χ4n) is 5.35. The van der Waals surface area contributed by atoms with Crippen LogP contribution < -0.4 is 4.90 Å². The molecule has 6 rings (SSSR count). The van der Waals surface area contributed by atoms with Crippen molar-refractivity contribution >= 4 is 40.0 Å². The van der Waals surface area contributed by atoms with E-state index in [4.69, 9.17) is 26.7 Å². The maximum atomic E-state index is 13.7. The van der Waals surface area contributed by atoms with E-state index in [1.54, 1.807) is 21.7 Å². The predicted molar refractivity (Wildman–Crippen MR) is 161 cm³/mol. The van der Waals surface area contributed by atoms with Gasteiger partial charge in [0.05, 0.1) is 32.3 Å². The number of aromatic nitrogens is 4. The second-order valence-corrected chi connectivity index (χ2v) is 10.8. The summed E-state index contributed by atoms with van der Waals surface area (Å²) in [7, 11) is 0. The maximum absolute atomic E-state index is 13.7. The van der Waals surface area contributed by atoms with Gasteiger partial charge < -0.3 is 9.80 Å². The normalized spacial score (nSPS) is 13.7. The third kappa shape index (κ3) is 5.76. The summed E-state index contributed by atoms with van der Waals surface area (Å²) in [4.78, 5) is 37.8. The molecule has 5 aromatic rings. The van der Waals surface area contributed by atoms with Crippen LogP contribution in [0.25, 0.3) is 16.7 Å². The summed E-state index contributed by atoms with van der Waals surface area (Å²) < 4.78 is 15.4. The first-order valence-corrected chi connectivity index (χ1v) is 14.2. The number of non-ortho nitro benzene ring substituents is 1. The standard InChI is InChI=1S/C31H27ClFN7O3/c1-20-28-29(37-14-5-15-38(17-16-37)31(41)25-13-12-24(40(42)43)19-26(25)32)34-27(18-21-6-3-2-4-7-21)35-30(28)39(36-20)23-10-8-22(33)9-11-23/h2-4,6-13,19H,5,14-18H2,1H3. The average molecular weight is 600 g/mol. The summed E-state index contributed by atoms with van der Waals surface area (Å²) in [6.07, 6.45) is 1.18. The van der Waals surface area contributed by atoms with Crippen LogP contribution in [0.5, 0.6) is 0 Å². The number of carbonyl (C=O) groups is 1. The van der Waals surface area contributed by atoms with Crippen molar-refractivity contribution in [1.29, 1.82) is 0 Å². The number of halogens is 2. The molecule has 1 aliphatic heterocycles. The van der Waals surface area contributed by atoms with Crippen molar-refractivity contribution in [2.75, 3.05) is 31.1 Å². The summed E-state index contributed by atoms with van der Waals surface area (Å²) in [5, 5.41) is 16.7. The molecule has 0 unspecified atom stereocenters. The van der Waals surface area contributed by atoms with E-state index in [0.29, 0.717) is 56.2 Å². The molecule has 0 N–H and O–H groups in total. The SMILES string of the molecule is Cc1nn(-c2ccc(F)cc2)c2nc(Cc3ccccc3)nc(N3CCCN(C(=O)c4ccc([N+](=O)[O-])cc4Cl)CC3)c12. The molecule has 10 nitrogen and oxygen atoms in total. The number of hydrogen-bond donors (Lipinski definition) is 0. The minimum Gasteiger partial charge on any atom is -0.354 e. The lowest BCUT2D eigenvalue weighted by molar-refractivity contribution is -0.384. The van der Waals surface area contributed by atoms with Gasteiger partial charge in [-0.15, -0.1) is 0 Å². The lowest BCUT2D eigenvalue weighted by Gasteiger charge is -2.24. The third-order valence-corrected chi connectivity index (χ3v) is 7.80. The molecule has 2 aromatic heterocycles. The van der Waals surface area contributed by atoms with Crippen LogP contribution in [0, 0.1) is 22.9 Å². The zero-order valence-corrected chi connectivity index (χ0v) is 24.0. The lowest BCUT2D eigenvalue weighted by Crippen LogP contribution is -2.35. The van der Waals surface area contributed by atoms with Gasteiger partial charge in [-0.3, -0.25) is 14.9 Å². The summed E-state index contributed by atoms with van der Waals surface area (Å²) in [5.74, 6) is 0.728. The van der Waals surface area contributed by atoms with Crippen LogP contribution in [0.15, 0.2) is 72.8 Å². The molecular formula is C31H27ClFN7O3. The van der Waals surface area contributed by atoms with Crippen LogP contribution in [0.4, 0.5) is 15.9 Å². The number of amides is 1. The zero-order chi connectivity index (χ0) is 30.1. The second kappa shape index (κ2) is 11.8. The number of benzene rings is 3. The first-order valence-electron chi connectivity index (χ1n) is 13.8. The Labute approximate surface area is 251 Å². The van der Waals surface area contributed by atoms with Gasteiger partial charge in [-0.1, -0.05) is 41.9 Å². The first kappa shape index (κ1) is 28.2. The van der Waals surface area contributed by atoms with Crippen LogP contribution in [-0.4, -0.2) is 61.7 Å². The molecule has 43 heavy (non-hydrogen) atoms. The van der Waals surface area contributed by atoms with Crippen LogP contribution >= 0.6 is 11.6 Å². The number of rotatable bonds is 6. The summed E-state index contributed by atoms with van der Waals surface area (Å²) in [6.45, 7) is 3.92. The Morgan fingerprint density at radius 3 is 2.49 bits per heavy atom. The van der Waals surface area contributed by atoms with E-state index in [1.807, 2.05) is 37.3 Å². The minimum absolute atomic E-state index is 0.0483. The number of nitrogens with zero attached hydrogens (tertiary/aromatic N) is 7. The first-order chi connectivity index (χ1) is 20.8. The van der Waals surface area contributed by atoms with E-state index in [9.17, 15) is 19.3 Å². The quantitative estimate of drug-likeness (QED) is 0.180. The molecule has 12 heteroatoms. The smallest absolute Gasteiger partial charge is 0.270 e. The van der Waals surface area contributed by atoms with E-state index in [-0.39, 0.29) is 28.0 Å². The van der Waals surface area contributed by atoms with E-state index in [0.717, 1.165) is 22.5 Å². The summed E-state index contributed by atoms with van der Waals surface area (Å²) >= 11 is 6.27. The number of carbonyl (C=O) groups excluding carboxylic acids is 1. The van der Waals surface area contributed by atoms with E-state index in [1.165, 1.54) is 30.3 Å². The van der Waals surface area contributed by atoms with Crippen LogP contribution in [0.2, 0.25) is 5.02 Å². The van der Waals surface area contributed by atoms with Gasteiger partial charge in [0.1, 0.15) is 17.5 Å². The molecule has 1 aliphatic rings. The number of hydrogen-bond acceptors (Lipinski definition) is 7. The fourth-order valence-corrected chi connectivity index (χ4v) is 5.60. The van der Waals surface area contributed by atoms with E-state index < -0.39 is 4.92 Å². The van der Waals surface area contributed by atoms with Gasteiger partial charge in [0.25, 0.3) is 11.6 Å². The van der Waals surface area contributed by atoms with Gasteiger partial charge in [-0.25, -0.2) is 19.0 Å². The van der Waals surface area contributed by atoms with Crippen molar-refractivity contribution in [1.82, 2.24) is 24.6 Å². The van der Waals surface area contributed by atoms with Crippen molar-refractivity contribution in [2.24, 2.45) is 0 Å². The Kier molecular flexibility index (Phi) is 7.73. The highest BCUT2D eigenvalue weighted by Crippen LogP contribution is 2.31. The number of aryl methyl sites for hydroxylation is 1. The Bertz CT molecular complexity index is 1830. The number of fused-ring (bicyclic) bond motifs is 1. The van der Waals surface area contributed by atoms with Crippen molar-refractivity contribution in [2.45, 2.75) is 19.8 Å². The van der Waals surface area contributed by atoms with Gasteiger partial charge in [0.15, 0.2) is 5.65 Å². The Morgan fingerprint density at radius 2 is 1.77 bits per heavy atom. The van der Waals surface area contributed by atoms with Crippen LogP contribution in [0.3, 0.4) is 0 Å². The summed E-state index contributed by atoms with van der Waals surface area (Å²) in [6, 6.07) is 20.0. The molecule has 218 valence electrons. The predicted octanol–water partition coefficient (Wildman–Crippen LogP) is 5.77. The molecule has 3 heterocycles. The van der Waals surface area contributed by atoms with Gasteiger partial charge in [-0.05, 0) is 49.2 Å². The molecule has 3 aromatic carbocycles. The molecule has 0 atom stereocenters. The second-order valence-electron chi connectivity index (χ2n) is 10.4. The molecule has 0 saturated carbocycles. The Hall–Kier alpha value is -4.90. The number of nitro groups is 1. The molecule has 0 spiro atoms. The van der Waals surface area contributed by atoms with Gasteiger partial charge in [0.2, 0.25) is 0 Å². The number of nitro benzene ring substituents is 1. The van der Waals surface area contributed by atoms with Crippen molar-refractivity contribution in [3.63, 3.8) is 0 Å². The highest BCUT2D eigenvalue weighted by atomic mass is 35.5. The van der Waals surface area contributed by atoms with Crippen LogP contribution in [-0.2, 0) is 6.42 Å². The summed E-state index contributed by atoms with van der Waals surface area (Å²) in [5.41, 5.74) is 3.16. The van der Waals surface area contributed by atoms with Gasteiger partial charge >= 0.3 is 0 Å². The van der Waals surface area contributed by atoms with E-state index in [2.05, 4.69) is 4.90 Å². The molecule has 1 amide bonds. The third-order valence-electron chi connectivity index (χ3n) is 7.48. The zero-order valence-electron chi connectivity index (χ0n) is 23.3. The minimum atomic E-state index is -0.543. The highest BCUT2D eigenvalue weighted by molar-refractivity contribution is 6.34. The largest absolute Gasteiger partial charge is 0.354 e. The monoisotopic (exact) mass is 599 g/mol. The van der Waals surface area contributed by atoms with Crippen molar-refractivity contribution in [3.05, 3.63) is 116 Å². The molecular weight excluding hydrogens is 573 g/mol. The lowest BCUT2D eigenvalue weighted by atomic mass is 10.1. The maximum Gasteiger partial charge on any atom is 0.270 e. The number of anilines is 1. The average Bonchev–Trinajstić information content (AvgIpc) is 3.16. The molecule has 0 aliphatic carbocycles. The molecule has 1 saturated heterocycles. The molecule has 0 bridgehead atoms.